The first-order valence-corrected chi connectivity index (χ1v) is 5.72. The van der Waals surface area contributed by atoms with Gasteiger partial charge in [-0.05, 0) is 18.9 Å². The van der Waals surface area contributed by atoms with Crippen molar-refractivity contribution in [2.24, 2.45) is 0 Å². The molecule has 0 aliphatic rings. The van der Waals surface area contributed by atoms with Gasteiger partial charge in [0.05, 0.1) is 13.2 Å². The van der Waals surface area contributed by atoms with Crippen LogP contribution in [0.2, 0.25) is 0 Å². The summed E-state index contributed by atoms with van der Waals surface area (Å²) in [5, 5.41) is 3.11. The lowest BCUT2D eigenvalue weighted by Gasteiger charge is -2.05. The molecule has 6 nitrogen and oxygen atoms in total. The summed E-state index contributed by atoms with van der Waals surface area (Å²) < 4.78 is 10.2. The third kappa shape index (κ3) is 6.70. The molecule has 0 bridgehead atoms. The van der Waals surface area contributed by atoms with Gasteiger partial charge in [-0.2, -0.15) is 4.98 Å². The Labute approximate surface area is 102 Å². The van der Waals surface area contributed by atoms with Gasteiger partial charge in [0.2, 0.25) is 5.95 Å². The first kappa shape index (κ1) is 13.7. The molecule has 3 N–H and O–H groups in total. The van der Waals surface area contributed by atoms with Crippen LogP contribution >= 0.6 is 0 Å². The van der Waals surface area contributed by atoms with Gasteiger partial charge in [0.1, 0.15) is 5.82 Å². The Balaban J connectivity index is 1.97. The van der Waals surface area contributed by atoms with Crippen molar-refractivity contribution in [1.82, 2.24) is 9.97 Å². The number of nitrogens with one attached hydrogen (secondary N) is 1. The molecule has 0 saturated heterocycles. The van der Waals surface area contributed by atoms with E-state index >= 15 is 0 Å². The first-order chi connectivity index (χ1) is 8.33. The minimum Gasteiger partial charge on any atom is -0.384 e. The summed E-state index contributed by atoms with van der Waals surface area (Å²) in [7, 11) is 1.67. The molecule has 96 valence electrons. The van der Waals surface area contributed by atoms with E-state index in [1.807, 2.05) is 0 Å². The van der Waals surface area contributed by atoms with Crippen molar-refractivity contribution < 1.29 is 9.47 Å². The van der Waals surface area contributed by atoms with Crippen molar-refractivity contribution in [2.75, 3.05) is 44.5 Å². The van der Waals surface area contributed by atoms with E-state index in [2.05, 4.69) is 15.3 Å². The molecule has 0 saturated carbocycles. The van der Waals surface area contributed by atoms with Gasteiger partial charge in [0.15, 0.2) is 0 Å². The van der Waals surface area contributed by atoms with Crippen molar-refractivity contribution >= 4 is 11.8 Å². The molecule has 17 heavy (non-hydrogen) atoms. The van der Waals surface area contributed by atoms with Crippen LogP contribution in [0.1, 0.15) is 12.8 Å². The predicted molar refractivity (Wildman–Crippen MR) is 66.9 cm³/mol. The number of anilines is 2. The van der Waals surface area contributed by atoms with Crippen LogP contribution in [-0.4, -0.2) is 43.4 Å². The molecule has 0 radical (unpaired) electrons. The van der Waals surface area contributed by atoms with Crippen LogP contribution in [0.3, 0.4) is 0 Å². The van der Waals surface area contributed by atoms with E-state index in [0.29, 0.717) is 25.0 Å². The van der Waals surface area contributed by atoms with Crippen LogP contribution < -0.4 is 11.1 Å². The van der Waals surface area contributed by atoms with Gasteiger partial charge in [-0.15, -0.1) is 0 Å². The molecule has 0 aliphatic heterocycles. The van der Waals surface area contributed by atoms with Gasteiger partial charge in [-0.1, -0.05) is 0 Å². The maximum absolute atomic E-state index is 5.53. The summed E-state index contributed by atoms with van der Waals surface area (Å²) in [6.45, 7) is 2.87. The number of rotatable bonds is 9. The largest absolute Gasteiger partial charge is 0.384 e. The third-order valence-corrected chi connectivity index (χ3v) is 2.11. The van der Waals surface area contributed by atoms with Crippen LogP contribution in [0.4, 0.5) is 11.8 Å². The fraction of sp³-hybridized carbons (Fsp3) is 0.636. The summed E-state index contributed by atoms with van der Waals surface area (Å²) in [6, 6.07) is 1.66. The molecule has 0 aromatic carbocycles. The van der Waals surface area contributed by atoms with Crippen LogP contribution in [0, 0.1) is 0 Å². The van der Waals surface area contributed by atoms with Gasteiger partial charge in [-0.3, -0.25) is 0 Å². The third-order valence-electron chi connectivity index (χ3n) is 2.11. The van der Waals surface area contributed by atoms with Gasteiger partial charge in [0, 0.05) is 26.5 Å². The Hall–Kier alpha value is -1.40. The molecule has 1 aromatic heterocycles. The second kappa shape index (κ2) is 8.72. The number of ether oxygens (including phenoxy) is 2. The molecule has 0 fully saturated rings. The van der Waals surface area contributed by atoms with E-state index in [4.69, 9.17) is 15.2 Å². The van der Waals surface area contributed by atoms with Crippen molar-refractivity contribution in [1.29, 1.82) is 0 Å². The number of hydrogen-bond donors (Lipinski definition) is 2. The molecular weight excluding hydrogens is 220 g/mol. The summed E-state index contributed by atoms with van der Waals surface area (Å²) in [4.78, 5) is 8.09. The number of nitrogen functional groups attached to an aromatic ring is 1. The fourth-order valence-corrected chi connectivity index (χ4v) is 1.23. The second-order valence-electron chi connectivity index (χ2n) is 3.54. The average molecular weight is 240 g/mol. The van der Waals surface area contributed by atoms with Crippen molar-refractivity contribution in [2.45, 2.75) is 12.8 Å². The minimum absolute atomic E-state index is 0.477. The van der Waals surface area contributed by atoms with Crippen LogP contribution in [-0.2, 0) is 9.47 Å². The summed E-state index contributed by atoms with van der Waals surface area (Å²) >= 11 is 0. The van der Waals surface area contributed by atoms with E-state index in [1.54, 1.807) is 19.4 Å². The van der Waals surface area contributed by atoms with Crippen LogP contribution in [0.5, 0.6) is 0 Å². The minimum atomic E-state index is 0.477. The Morgan fingerprint density at radius 2 is 2.18 bits per heavy atom. The van der Waals surface area contributed by atoms with E-state index in [0.717, 1.165) is 26.0 Å². The Kier molecular flexibility index (Phi) is 7.01. The smallest absolute Gasteiger partial charge is 0.224 e. The molecule has 0 unspecified atom stereocenters. The number of unbranched alkanes of at least 4 members (excludes halogenated alkanes) is 1. The van der Waals surface area contributed by atoms with Crippen molar-refractivity contribution in [3.8, 4) is 0 Å². The summed E-state index contributed by atoms with van der Waals surface area (Å²) in [6.07, 6.45) is 3.64. The van der Waals surface area contributed by atoms with Crippen molar-refractivity contribution in [3.63, 3.8) is 0 Å². The SMILES string of the molecule is COCCOCCCCNc1nccc(N)n1. The topological polar surface area (TPSA) is 82.3 Å². The zero-order chi connectivity index (χ0) is 12.3. The molecule has 0 atom stereocenters. The van der Waals surface area contributed by atoms with E-state index in [1.165, 1.54) is 0 Å². The molecule has 0 amide bonds. The zero-order valence-electron chi connectivity index (χ0n) is 10.2. The molecule has 1 heterocycles. The molecule has 6 heteroatoms. The average Bonchev–Trinajstić information content (AvgIpc) is 2.33. The molecule has 1 aromatic rings. The highest BCUT2D eigenvalue weighted by atomic mass is 16.5. The van der Waals surface area contributed by atoms with Crippen LogP contribution in [0.25, 0.3) is 0 Å². The number of hydrogen-bond acceptors (Lipinski definition) is 6. The van der Waals surface area contributed by atoms with E-state index in [9.17, 15) is 0 Å². The normalized spacial score (nSPS) is 10.4. The van der Waals surface area contributed by atoms with E-state index < -0.39 is 0 Å². The lowest BCUT2D eigenvalue weighted by molar-refractivity contribution is 0.0691. The number of nitrogens with zero attached hydrogens (tertiary/aromatic N) is 2. The fourth-order valence-electron chi connectivity index (χ4n) is 1.23. The molecule has 0 spiro atoms. The van der Waals surface area contributed by atoms with E-state index in [-0.39, 0.29) is 0 Å². The first-order valence-electron chi connectivity index (χ1n) is 5.72. The highest BCUT2D eigenvalue weighted by molar-refractivity contribution is 5.34. The maximum atomic E-state index is 5.53. The van der Waals surface area contributed by atoms with Crippen molar-refractivity contribution in [3.05, 3.63) is 12.3 Å². The quantitative estimate of drug-likeness (QED) is 0.624. The standard InChI is InChI=1S/C11H20N4O2/c1-16-8-9-17-7-3-2-5-13-11-14-6-4-10(12)15-11/h4,6H,2-3,5,7-9H2,1H3,(H3,12,13,14,15). The summed E-state index contributed by atoms with van der Waals surface area (Å²) in [5.41, 5.74) is 5.53. The van der Waals surface area contributed by atoms with Gasteiger partial charge >= 0.3 is 0 Å². The number of methoxy groups -OCH3 is 1. The zero-order valence-corrected chi connectivity index (χ0v) is 10.2. The lowest BCUT2D eigenvalue weighted by atomic mass is 10.3. The van der Waals surface area contributed by atoms with Crippen LogP contribution in [0.15, 0.2) is 12.3 Å². The van der Waals surface area contributed by atoms with Gasteiger partial charge in [0.25, 0.3) is 0 Å². The second-order valence-corrected chi connectivity index (χ2v) is 3.54. The lowest BCUT2D eigenvalue weighted by Crippen LogP contribution is -2.08. The molecular formula is C11H20N4O2. The highest BCUT2D eigenvalue weighted by Gasteiger charge is 1.95. The Bertz CT molecular complexity index is 309. The predicted octanol–water partition coefficient (Wildman–Crippen LogP) is 0.914. The number of nitrogens with two attached hydrogens (primary N) is 1. The van der Waals surface area contributed by atoms with Gasteiger partial charge < -0.3 is 20.5 Å². The molecule has 1 rings (SSSR count). The van der Waals surface area contributed by atoms with Gasteiger partial charge in [-0.25, -0.2) is 4.98 Å². The number of aromatic nitrogens is 2. The Morgan fingerprint density at radius 3 is 2.94 bits per heavy atom. The Morgan fingerprint density at radius 1 is 1.29 bits per heavy atom. The molecule has 0 aliphatic carbocycles. The maximum Gasteiger partial charge on any atom is 0.224 e. The summed E-state index contributed by atoms with van der Waals surface area (Å²) in [5.74, 6) is 1.05. The highest BCUT2D eigenvalue weighted by Crippen LogP contribution is 2.01. The monoisotopic (exact) mass is 240 g/mol.